The fourth-order valence-corrected chi connectivity index (χ4v) is 3.82. The van der Waals surface area contributed by atoms with Crippen molar-refractivity contribution in [3.63, 3.8) is 0 Å². The number of rotatable bonds is 6. The second kappa shape index (κ2) is 7.85. The van der Waals surface area contributed by atoms with Gasteiger partial charge in [0.2, 0.25) is 5.89 Å². The summed E-state index contributed by atoms with van der Waals surface area (Å²) in [5, 5.41) is 11.6. The fourth-order valence-electron chi connectivity index (χ4n) is 2.14. The molecule has 1 aromatic carbocycles. The van der Waals surface area contributed by atoms with Crippen LogP contribution >= 0.6 is 11.3 Å². The molecule has 0 bridgehead atoms. The van der Waals surface area contributed by atoms with Crippen LogP contribution in [0.5, 0.6) is 0 Å². The number of hydrogen-bond acceptors (Lipinski definition) is 7. The highest BCUT2D eigenvalue weighted by atomic mass is 32.2. The van der Waals surface area contributed by atoms with Gasteiger partial charge in [-0.2, -0.15) is 0 Å². The summed E-state index contributed by atoms with van der Waals surface area (Å²) in [6, 6.07) is 9.92. The van der Waals surface area contributed by atoms with E-state index in [4.69, 9.17) is 4.42 Å². The van der Waals surface area contributed by atoms with Crippen LogP contribution in [0, 0.1) is 0 Å². The number of anilines is 1. The lowest BCUT2D eigenvalue weighted by Gasteiger charge is -2.07. The summed E-state index contributed by atoms with van der Waals surface area (Å²) in [5.74, 6) is -0.210. The molecule has 3 aromatic rings. The molecule has 1 N–H and O–H groups in total. The predicted octanol–water partition coefficient (Wildman–Crippen LogP) is 3.63. The largest absolute Gasteiger partial charge is 0.403 e. The van der Waals surface area contributed by atoms with E-state index in [9.17, 15) is 13.2 Å². The first-order valence-electron chi connectivity index (χ1n) is 8.06. The van der Waals surface area contributed by atoms with Gasteiger partial charge in [-0.3, -0.25) is 10.1 Å². The number of carbonyl (C=O) groups is 1. The summed E-state index contributed by atoms with van der Waals surface area (Å²) in [5.41, 5.74) is 0.555. The maximum absolute atomic E-state index is 12.1. The van der Waals surface area contributed by atoms with E-state index < -0.39 is 21.0 Å². The smallest absolute Gasteiger partial charge is 0.322 e. The average molecular weight is 403 g/mol. The van der Waals surface area contributed by atoms with Crippen molar-refractivity contribution in [2.75, 3.05) is 5.32 Å². The van der Waals surface area contributed by atoms with Crippen LogP contribution in [0.2, 0.25) is 0 Å². The van der Waals surface area contributed by atoms with E-state index in [2.05, 4.69) is 15.5 Å². The minimum Gasteiger partial charge on any atom is -0.403 e. The first-order chi connectivity index (χ1) is 12.9. The molecule has 0 atom stereocenters. The second-order valence-corrected chi connectivity index (χ2v) is 9.35. The minimum atomic E-state index is -3.34. The van der Waals surface area contributed by atoms with E-state index in [1.54, 1.807) is 32.1 Å². The Bertz CT molecular complexity index is 1050. The number of nitrogens with zero attached hydrogens (tertiary/aromatic N) is 2. The summed E-state index contributed by atoms with van der Waals surface area (Å²) < 4.78 is 29.7. The molecule has 0 saturated carbocycles. The van der Waals surface area contributed by atoms with Gasteiger partial charge in [0.25, 0.3) is 5.91 Å². The van der Waals surface area contributed by atoms with Gasteiger partial charge in [0.15, 0.2) is 9.84 Å². The lowest BCUT2D eigenvalue weighted by atomic mass is 10.2. The van der Waals surface area contributed by atoms with Gasteiger partial charge in [-0.15, -0.1) is 16.4 Å². The number of sulfone groups is 1. The van der Waals surface area contributed by atoms with E-state index in [0.717, 1.165) is 4.88 Å². The fraction of sp³-hybridized carbons (Fsp3) is 0.167. The van der Waals surface area contributed by atoms with Crippen molar-refractivity contribution in [3.8, 4) is 11.5 Å². The molecule has 0 unspecified atom stereocenters. The maximum atomic E-state index is 12.1. The van der Waals surface area contributed by atoms with Gasteiger partial charge in [-0.25, -0.2) is 8.42 Å². The first-order valence-corrected chi connectivity index (χ1v) is 10.5. The predicted molar refractivity (Wildman–Crippen MR) is 104 cm³/mol. The van der Waals surface area contributed by atoms with Crippen molar-refractivity contribution in [1.82, 2.24) is 10.2 Å². The van der Waals surface area contributed by atoms with E-state index in [0.29, 0.717) is 5.56 Å². The zero-order chi connectivity index (χ0) is 19.4. The number of hydrogen-bond donors (Lipinski definition) is 1. The summed E-state index contributed by atoms with van der Waals surface area (Å²) in [6.07, 6.45) is 3.06. The Balaban J connectivity index is 1.69. The number of aromatic nitrogens is 2. The Kier molecular flexibility index (Phi) is 5.52. The van der Waals surface area contributed by atoms with Gasteiger partial charge in [-0.05, 0) is 55.6 Å². The highest BCUT2D eigenvalue weighted by molar-refractivity contribution is 7.92. The number of carbonyl (C=O) groups excluding carboxylic acids is 1. The van der Waals surface area contributed by atoms with Gasteiger partial charge < -0.3 is 4.42 Å². The number of amides is 1. The molecule has 3 rings (SSSR count). The molecule has 9 heteroatoms. The molecule has 0 aliphatic heterocycles. The zero-order valence-corrected chi connectivity index (χ0v) is 16.3. The van der Waals surface area contributed by atoms with Crippen LogP contribution < -0.4 is 5.32 Å². The Labute approximate surface area is 160 Å². The highest BCUT2D eigenvalue weighted by Crippen LogP contribution is 2.23. The van der Waals surface area contributed by atoms with E-state index in [1.165, 1.54) is 29.5 Å². The first kappa shape index (κ1) is 19.0. The number of benzene rings is 1. The Morgan fingerprint density at radius 3 is 2.56 bits per heavy atom. The molecular formula is C18H17N3O4S2. The van der Waals surface area contributed by atoms with Crippen LogP contribution in [0.4, 0.5) is 6.01 Å². The van der Waals surface area contributed by atoms with Crippen LogP contribution in [0.3, 0.4) is 0 Å². The quantitative estimate of drug-likeness (QED) is 0.631. The van der Waals surface area contributed by atoms with Crippen LogP contribution in [-0.2, 0) is 14.6 Å². The lowest BCUT2D eigenvalue weighted by molar-refractivity contribution is -0.112. The molecule has 2 heterocycles. The van der Waals surface area contributed by atoms with Gasteiger partial charge >= 0.3 is 6.01 Å². The molecule has 0 aliphatic carbocycles. The Morgan fingerprint density at radius 1 is 1.19 bits per heavy atom. The molecule has 2 aromatic heterocycles. The average Bonchev–Trinajstić information content (AvgIpc) is 3.32. The van der Waals surface area contributed by atoms with Crippen molar-refractivity contribution in [1.29, 1.82) is 0 Å². The Hall–Kier alpha value is -2.78. The molecule has 140 valence electrons. The third-order valence-corrected chi connectivity index (χ3v) is 6.66. The van der Waals surface area contributed by atoms with Gasteiger partial charge in [0.1, 0.15) is 0 Å². The molecule has 1 amide bonds. The summed E-state index contributed by atoms with van der Waals surface area (Å²) in [4.78, 5) is 13.1. The molecule has 0 spiro atoms. The third-order valence-electron chi connectivity index (χ3n) is 3.65. The van der Waals surface area contributed by atoms with Gasteiger partial charge in [-0.1, -0.05) is 11.2 Å². The van der Waals surface area contributed by atoms with Crippen molar-refractivity contribution >= 4 is 39.2 Å². The third kappa shape index (κ3) is 4.50. The van der Waals surface area contributed by atoms with Crippen LogP contribution in [0.25, 0.3) is 17.5 Å². The Morgan fingerprint density at radius 2 is 1.93 bits per heavy atom. The summed E-state index contributed by atoms with van der Waals surface area (Å²) in [7, 11) is -3.34. The molecule has 7 nitrogen and oxygen atoms in total. The number of thiophene rings is 1. The van der Waals surface area contributed by atoms with Crippen molar-refractivity contribution in [3.05, 3.63) is 52.7 Å². The highest BCUT2D eigenvalue weighted by Gasteiger charge is 2.19. The zero-order valence-electron chi connectivity index (χ0n) is 14.6. The molecule has 0 saturated heterocycles. The van der Waals surface area contributed by atoms with Crippen LogP contribution in [0.1, 0.15) is 18.7 Å². The van der Waals surface area contributed by atoms with Gasteiger partial charge in [0, 0.05) is 16.5 Å². The summed E-state index contributed by atoms with van der Waals surface area (Å²) in [6.45, 7) is 3.26. The topological polar surface area (TPSA) is 102 Å². The number of nitrogens with one attached hydrogen (secondary N) is 1. The second-order valence-electron chi connectivity index (χ2n) is 5.87. The molecule has 0 radical (unpaired) electrons. The van der Waals surface area contributed by atoms with E-state index >= 15 is 0 Å². The minimum absolute atomic E-state index is 0.0373. The van der Waals surface area contributed by atoms with Crippen LogP contribution in [-0.4, -0.2) is 29.8 Å². The maximum Gasteiger partial charge on any atom is 0.322 e. The SMILES string of the molecule is CC(C)S(=O)(=O)c1ccc(-c2nnc(NC(=O)C=Cc3cccs3)o2)cc1. The molecular weight excluding hydrogens is 386 g/mol. The van der Waals surface area contributed by atoms with E-state index in [1.807, 2.05) is 17.5 Å². The standard InChI is InChI=1S/C18H17N3O4S2/c1-12(2)27(23,24)15-8-5-13(6-9-15)17-20-21-18(25-17)19-16(22)10-7-14-4-3-11-26-14/h3-12H,1-2H3,(H,19,21,22). The molecule has 0 fully saturated rings. The van der Waals surface area contributed by atoms with Gasteiger partial charge in [0.05, 0.1) is 10.1 Å². The summed E-state index contributed by atoms with van der Waals surface area (Å²) >= 11 is 1.52. The molecule has 27 heavy (non-hydrogen) atoms. The lowest BCUT2D eigenvalue weighted by Crippen LogP contribution is -2.13. The van der Waals surface area contributed by atoms with Crippen molar-refractivity contribution in [2.45, 2.75) is 24.0 Å². The monoisotopic (exact) mass is 403 g/mol. The van der Waals surface area contributed by atoms with Crippen molar-refractivity contribution < 1.29 is 17.6 Å². The van der Waals surface area contributed by atoms with Crippen molar-refractivity contribution in [2.24, 2.45) is 0 Å². The van der Waals surface area contributed by atoms with E-state index in [-0.39, 0.29) is 16.8 Å². The van der Waals surface area contributed by atoms with Crippen LogP contribution in [0.15, 0.2) is 57.2 Å². The normalized spacial score (nSPS) is 12.0. The molecule has 0 aliphatic rings.